The summed E-state index contributed by atoms with van der Waals surface area (Å²) in [5.41, 5.74) is 2.67. The number of Topliss-reactive ketones (excluding diaryl/α,β-unsaturated/α-hetero) is 1. The molecule has 2 unspecified atom stereocenters. The quantitative estimate of drug-likeness (QED) is 0.849. The summed E-state index contributed by atoms with van der Waals surface area (Å²) in [5, 5.41) is 4.13. The number of carbonyl (C=O) groups excluding carboxylic acids is 1. The summed E-state index contributed by atoms with van der Waals surface area (Å²) in [6.07, 6.45) is 2.08. The number of aromatic nitrogens is 2. The first kappa shape index (κ1) is 12.1. The lowest BCUT2D eigenvalue weighted by atomic mass is 10.0. The average molecular weight is 286 g/mol. The molecule has 0 radical (unpaired) electrons. The maximum atomic E-state index is 11.8. The van der Waals surface area contributed by atoms with Crippen LogP contribution in [0.1, 0.15) is 41.1 Å². The first-order valence-electron chi connectivity index (χ1n) is 6.84. The molecule has 0 bridgehead atoms. The SMILES string of the molecule is O=C1CSCC1c1nc(C2CCc3ccccc32)no1. The van der Waals surface area contributed by atoms with Gasteiger partial charge in [-0.15, -0.1) is 0 Å². The van der Waals surface area contributed by atoms with Crippen molar-refractivity contribution in [3.05, 3.63) is 47.1 Å². The van der Waals surface area contributed by atoms with Gasteiger partial charge in [0.2, 0.25) is 5.89 Å². The molecule has 4 rings (SSSR count). The molecule has 1 aromatic carbocycles. The van der Waals surface area contributed by atoms with E-state index in [0.29, 0.717) is 11.6 Å². The molecule has 1 saturated heterocycles. The number of fused-ring (bicyclic) bond motifs is 1. The van der Waals surface area contributed by atoms with Gasteiger partial charge in [0.15, 0.2) is 11.6 Å². The van der Waals surface area contributed by atoms with E-state index in [1.807, 2.05) is 0 Å². The van der Waals surface area contributed by atoms with Gasteiger partial charge in [0.05, 0.1) is 5.75 Å². The Balaban J connectivity index is 1.65. The molecule has 2 aromatic rings. The van der Waals surface area contributed by atoms with Crippen molar-refractivity contribution < 1.29 is 9.32 Å². The van der Waals surface area contributed by atoms with Crippen molar-refractivity contribution in [1.82, 2.24) is 10.1 Å². The number of rotatable bonds is 2. The van der Waals surface area contributed by atoms with Crippen molar-refractivity contribution in [1.29, 1.82) is 0 Å². The Morgan fingerprint density at radius 1 is 1.25 bits per heavy atom. The van der Waals surface area contributed by atoms with Crippen LogP contribution in [-0.2, 0) is 11.2 Å². The van der Waals surface area contributed by atoms with Gasteiger partial charge < -0.3 is 4.52 Å². The Morgan fingerprint density at radius 3 is 3.00 bits per heavy atom. The third-order valence-corrected chi connectivity index (χ3v) is 5.18. The second-order valence-corrected chi connectivity index (χ2v) is 6.35. The highest BCUT2D eigenvalue weighted by molar-refractivity contribution is 8.00. The highest BCUT2D eigenvalue weighted by Crippen LogP contribution is 2.37. The number of benzene rings is 1. The highest BCUT2D eigenvalue weighted by Gasteiger charge is 2.34. The molecule has 0 N–H and O–H groups in total. The zero-order valence-corrected chi connectivity index (χ0v) is 11.7. The number of hydrogen-bond acceptors (Lipinski definition) is 5. The van der Waals surface area contributed by atoms with Gasteiger partial charge in [-0.2, -0.15) is 16.7 Å². The van der Waals surface area contributed by atoms with Gasteiger partial charge in [-0.3, -0.25) is 4.79 Å². The fourth-order valence-corrected chi connectivity index (χ4v) is 4.12. The molecule has 1 aliphatic heterocycles. The number of aryl methyl sites for hydroxylation is 1. The molecule has 1 aromatic heterocycles. The summed E-state index contributed by atoms with van der Waals surface area (Å²) in [4.78, 5) is 16.3. The number of thioether (sulfide) groups is 1. The van der Waals surface area contributed by atoms with Gasteiger partial charge in [-0.1, -0.05) is 29.4 Å². The van der Waals surface area contributed by atoms with Gasteiger partial charge in [0.1, 0.15) is 5.92 Å². The van der Waals surface area contributed by atoms with E-state index in [9.17, 15) is 4.79 Å². The largest absolute Gasteiger partial charge is 0.339 e. The molecule has 0 spiro atoms. The van der Waals surface area contributed by atoms with Crippen LogP contribution in [-0.4, -0.2) is 27.4 Å². The standard InChI is InChI=1S/C15H14N2O2S/c18-13-8-20-7-12(13)15-16-14(17-19-15)11-6-5-9-3-1-2-4-10(9)11/h1-4,11-12H,5-8H2. The number of carbonyl (C=O) groups is 1. The normalized spacial score (nSPS) is 25.1. The third-order valence-electron chi connectivity index (χ3n) is 4.12. The monoisotopic (exact) mass is 286 g/mol. The second kappa shape index (κ2) is 4.74. The van der Waals surface area contributed by atoms with Crippen molar-refractivity contribution in [3.63, 3.8) is 0 Å². The van der Waals surface area contributed by atoms with E-state index in [1.54, 1.807) is 11.8 Å². The Kier molecular flexibility index (Phi) is 2.88. The maximum absolute atomic E-state index is 11.8. The van der Waals surface area contributed by atoms with Crippen LogP contribution in [0.5, 0.6) is 0 Å². The van der Waals surface area contributed by atoms with Gasteiger partial charge in [0, 0.05) is 11.7 Å². The molecule has 4 nitrogen and oxygen atoms in total. The number of hydrogen-bond donors (Lipinski definition) is 0. The molecular formula is C15H14N2O2S. The summed E-state index contributed by atoms with van der Waals surface area (Å²) < 4.78 is 5.35. The van der Waals surface area contributed by atoms with Crippen molar-refractivity contribution in [2.24, 2.45) is 0 Å². The van der Waals surface area contributed by atoms with Crippen LogP contribution in [0.25, 0.3) is 0 Å². The van der Waals surface area contributed by atoms with Crippen LogP contribution in [0.2, 0.25) is 0 Å². The molecule has 1 aliphatic carbocycles. The van der Waals surface area contributed by atoms with Crippen LogP contribution < -0.4 is 0 Å². The van der Waals surface area contributed by atoms with Crippen LogP contribution in [0.3, 0.4) is 0 Å². The van der Waals surface area contributed by atoms with Crippen molar-refractivity contribution >= 4 is 17.5 Å². The van der Waals surface area contributed by atoms with Crippen LogP contribution in [0.15, 0.2) is 28.8 Å². The molecule has 1 fully saturated rings. The fraction of sp³-hybridized carbons (Fsp3) is 0.400. The Bertz CT molecular complexity index is 667. The lowest BCUT2D eigenvalue weighted by Gasteiger charge is -2.05. The predicted molar refractivity (Wildman–Crippen MR) is 76.0 cm³/mol. The fourth-order valence-electron chi connectivity index (χ4n) is 3.04. The van der Waals surface area contributed by atoms with Gasteiger partial charge >= 0.3 is 0 Å². The summed E-state index contributed by atoms with van der Waals surface area (Å²) in [6.45, 7) is 0. The smallest absolute Gasteiger partial charge is 0.238 e. The van der Waals surface area contributed by atoms with E-state index in [2.05, 4.69) is 34.4 Å². The summed E-state index contributed by atoms with van der Waals surface area (Å²) in [6, 6.07) is 8.42. The molecule has 102 valence electrons. The number of ketones is 1. The molecule has 2 heterocycles. The zero-order chi connectivity index (χ0) is 13.5. The second-order valence-electron chi connectivity index (χ2n) is 5.31. The van der Waals surface area contributed by atoms with Crippen molar-refractivity contribution in [3.8, 4) is 0 Å². The molecule has 2 aliphatic rings. The maximum Gasteiger partial charge on any atom is 0.238 e. The predicted octanol–water partition coefficient (Wildman–Crippen LogP) is 2.55. The van der Waals surface area contributed by atoms with Crippen molar-refractivity contribution in [2.75, 3.05) is 11.5 Å². The van der Waals surface area contributed by atoms with E-state index in [-0.39, 0.29) is 17.6 Å². The minimum Gasteiger partial charge on any atom is -0.339 e. The Labute approximate surface area is 121 Å². The van der Waals surface area contributed by atoms with E-state index in [1.165, 1.54) is 11.1 Å². The minimum atomic E-state index is -0.196. The Morgan fingerprint density at radius 2 is 2.15 bits per heavy atom. The van der Waals surface area contributed by atoms with E-state index < -0.39 is 0 Å². The molecule has 20 heavy (non-hydrogen) atoms. The Hall–Kier alpha value is -1.62. The summed E-state index contributed by atoms with van der Waals surface area (Å²) in [5.74, 6) is 2.79. The highest BCUT2D eigenvalue weighted by atomic mass is 32.2. The topological polar surface area (TPSA) is 56.0 Å². The van der Waals surface area contributed by atoms with E-state index >= 15 is 0 Å². The number of nitrogens with zero attached hydrogens (tertiary/aromatic N) is 2. The molecule has 5 heteroatoms. The van der Waals surface area contributed by atoms with Crippen LogP contribution >= 0.6 is 11.8 Å². The van der Waals surface area contributed by atoms with E-state index in [0.717, 1.165) is 24.4 Å². The summed E-state index contributed by atoms with van der Waals surface area (Å²) in [7, 11) is 0. The van der Waals surface area contributed by atoms with Crippen LogP contribution in [0.4, 0.5) is 0 Å². The molecule has 0 saturated carbocycles. The molecule has 0 amide bonds. The average Bonchev–Trinajstić information content (AvgIpc) is 3.15. The lowest BCUT2D eigenvalue weighted by Crippen LogP contribution is -2.09. The van der Waals surface area contributed by atoms with Gasteiger partial charge in [-0.25, -0.2) is 0 Å². The third kappa shape index (κ3) is 1.88. The van der Waals surface area contributed by atoms with Crippen LogP contribution in [0, 0.1) is 0 Å². The van der Waals surface area contributed by atoms with Crippen molar-refractivity contribution in [2.45, 2.75) is 24.7 Å². The lowest BCUT2D eigenvalue weighted by molar-refractivity contribution is -0.117. The minimum absolute atomic E-state index is 0.196. The van der Waals surface area contributed by atoms with Gasteiger partial charge in [-0.05, 0) is 24.0 Å². The molecular weight excluding hydrogens is 272 g/mol. The summed E-state index contributed by atoms with van der Waals surface area (Å²) >= 11 is 1.64. The first-order valence-corrected chi connectivity index (χ1v) is 8.00. The first-order chi connectivity index (χ1) is 9.83. The van der Waals surface area contributed by atoms with E-state index in [4.69, 9.17) is 4.52 Å². The van der Waals surface area contributed by atoms with Gasteiger partial charge in [0.25, 0.3) is 0 Å². The zero-order valence-electron chi connectivity index (χ0n) is 10.9. The molecule has 2 atom stereocenters.